The molecule has 0 aromatic carbocycles. The molecule has 1 fully saturated rings. The summed E-state index contributed by atoms with van der Waals surface area (Å²) in [5.41, 5.74) is -0.973. The Bertz CT molecular complexity index is 624. The Morgan fingerprint density at radius 3 is 2.72 bits per heavy atom. The Labute approximate surface area is 168 Å². The van der Waals surface area contributed by atoms with Crippen molar-refractivity contribution in [2.45, 2.75) is 25.4 Å². The number of alkyl halides is 3. The van der Waals surface area contributed by atoms with E-state index in [1.54, 1.807) is 7.05 Å². The average Bonchev–Trinajstić information content (AvgIpc) is 2.72. The number of aromatic nitrogens is 2. The number of aliphatic imine (C=N–C) groups is 1. The number of anilines is 1. The molecule has 0 spiro atoms. The van der Waals surface area contributed by atoms with Crippen molar-refractivity contribution in [2.24, 2.45) is 10.9 Å². The summed E-state index contributed by atoms with van der Waals surface area (Å²) < 4.78 is 48.9. The quantitative estimate of drug-likeness (QED) is 0.304. The molecule has 0 saturated carbocycles. The van der Waals surface area contributed by atoms with Crippen molar-refractivity contribution in [1.29, 1.82) is 0 Å². The van der Waals surface area contributed by atoms with Crippen LogP contribution >= 0.6 is 0 Å². The molecule has 3 N–H and O–H groups in total. The lowest BCUT2D eigenvalue weighted by atomic mass is 10.0. The molecule has 0 unspecified atom stereocenters. The Kier molecular flexibility index (Phi) is 9.92. The third kappa shape index (κ3) is 9.27. The van der Waals surface area contributed by atoms with Crippen molar-refractivity contribution in [2.75, 3.05) is 58.4 Å². The van der Waals surface area contributed by atoms with Crippen LogP contribution in [-0.4, -0.2) is 69.0 Å². The monoisotopic (exact) mass is 418 g/mol. The molecule has 0 atom stereocenters. The number of nitrogens with zero attached hydrogens (tertiary/aromatic N) is 3. The first-order chi connectivity index (χ1) is 14.0. The molecule has 164 valence electrons. The van der Waals surface area contributed by atoms with E-state index in [1.165, 1.54) is 0 Å². The third-order valence-corrected chi connectivity index (χ3v) is 4.32. The predicted octanol–water partition coefficient (Wildman–Crippen LogP) is 1.91. The van der Waals surface area contributed by atoms with Gasteiger partial charge in [0.05, 0.1) is 0 Å². The van der Waals surface area contributed by atoms with E-state index in [0.29, 0.717) is 38.1 Å². The van der Waals surface area contributed by atoms with E-state index in [0.717, 1.165) is 51.3 Å². The molecule has 1 aliphatic rings. The summed E-state index contributed by atoms with van der Waals surface area (Å²) in [5, 5.41) is 8.99. The van der Waals surface area contributed by atoms with Crippen LogP contribution in [0.2, 0.25) is 0 Å². The lowest BCUT2D eigenvalue weighted by Crippen LogP contribution is -2.40. The molecule has 1 aromatic heterocycles. The smallest absolute Gasteiger partial charge is 0.381 e. The predicted molar refractivity (Wildman–Crippen MR) is 104 cm³/mol. The largest absolute Gasteiger partial charge is 0.433 e. The van der Waals surface area contributed by atoms with Crippen LogP contribution in [-0.2, 0) is 15.7 Å². The van der Waals surface area contributed by atoms with E-state index in [1.807, 2.05) is 0 Å². The summed E-state index contributed by atoms with van der Waals surface area (Å²) in [6, 6.07) is 0.836. The molecule has 0 radical (unpaired) electrons. The number of rotatable bonds is 10. The zero-order valence-corrected chi connectivity index (χ0v) is 16.6. The van der Waals surface area contributed by atoms with Crippen LogP contribution in [0.15, 0.2) is 17.3 Å². The van der Waals surface area contributed by atoms with Gasteiger partial charge in [-0.25, -0.2) is 9.97 Å². The van der Waals surface area contributed by atoms with Gasteiger partial charge in [0.25, 0.3) is 0 Å². The molecule has 1 saturated heterocycles. The summed E-state index contributed by atoms with van der Waals surface area (Å²) in [6.45, 7) is 4.60. The minimum Gasteiger partial charge on any atom is -0.381 e. The van der Waals surface area contributed by atoms with Crippen LogP contribution in [0.1, 0.15) is 25.0 Å². The van der Waals surface area contributed by atoms with Gasteiger partial charge in [-0.3, -0.25) is 4.99 Å². The van der Waals surface area contributed by atoms with E-state index in [2.05, 4.69) is 30.9 Å². The summed E-state index contributed by atoms with van der Waals surface area (Å²) in [4.78, 5) is 11.3. The summed E-state index contributed by atoms with van der Waals surface area (Å²) >= 11 is 0. The van der Waals surface area contributed by atoms with Crippen molar-refractivity contribution in [3.05, 3.63) is 18.0 Å². The van der Waals surface area contributed by atoms with Crippen molar-refractivity contribution in [1.82, 2.24) is 20.6 Å². The second-order valence-electron chi connectivity index (χ2n) is 6.60. The molecule has 2 heterocycles. The maximum absolute atomic E-state index is 12.6. The van der Waals surface area contributed by atoms with E-state index in [4.69, 9.17) is 9.47 Å². The van der Waals surface area contributed by atoms with Crippen LogP contribution in [0.3, 0.4) is 0 Å². The highest BCUT2D eigenvalue weighted by atomic mass is 19.4. The Balaban J connectivity index is 1.53. The number of hydrogen-bond acceptors (Lipinski definition) is 6. The summed E-state index contributed by atoms with van der Waals surface area (Å²) in [5.74, 6) is 1.15. The third-order valence-electron chi connectivity index (χ3n) is 4.32. The summed E-state index contributed by atoms with van der Waals surface area (Å²) in [6.07, 6.45) is -0.433. The normalized spacial score (nSPS) is 15.9. The van der Waals surface area contributed by atoms with Crippen molar-refractivity contribution in [3.8, 4) is 0 Å². The number of guanidine groups is 1. The molecule has 29 heavy (non-hydrogen) atoms. The first-order valence-corrected chi connectivity index (χ1v) is 9.73. The second kappa shape index (κ2) is 12.4. The highest BCUT2D eigenvalue weighted by Gasteiger charge is 2.32. The highest BCUT2D eigenvalue weighted by molar-refractivity contribution is 5.79. The second-order valence-corrected chi connectivity index (χ2v) is 6.60. The zero-order valence-electron chi connectivity index (χ0n) is 16.6. The molecule has 0 aliphatic carbocycles. The maximum Gasteiger partial charge on any atom is 0.433 e. The van der Waals surface area contributed by atoms with Gasteiger partial charge in [0, 0.05) is 59.3 Å². The molecule has 1 aromatic rings. The molecule has 1 aliphatic heterocycles. The van der Waals surface area contributed by atoms with Gasteiger partial charge in [-0.15, -0.1) is 0 Å². The molecule has 2 rings (SSSR count). The van der Waals surface area contributed by atoms with Gasteiger partial charge in [0.2, 0.25) is 5.95 Å². The highest BCUT2D eigenvalue weighted by Crippen LogP contribution is 2.27. The number of halogens is 3. The van der Waals surface area contributed by atoms with Gasteiger partial charge in [-0.1, -0.05) is 0 Å². The fourth-order valence-electron chi connectivity index (χ4n) is 2.72. The molecule has 0 amide bonds. The average molecular weight is 418 g/mol. The Morgan fingerprint density at radius 2 is 2.00 bits per heavy atom. The van der Waals surface area contributed by atoms with Gasteiger partial charge in [-0.2, -0.15) is 13.2 Å². The van der Waals surface area contributed by atoms with Crippen molar-refractivity contribution in [3.63, 3.8) is 0 Å². The van der Waals surface area contributed by atoms with Gasteiger partial charge >= 0.3 is 6.18 Å². The van der Waals surface area contributed by atoms with E-state index in [-0.39, 0.29) is 5.95 Å². The van der Waals surface area contributed by atoms with E-state index < -0.39 is 11.9 Å². The maximum atomic E-state index is 12.6. The lowest BCUT2D eigenvalue weighted by molar-refractivity contribution is -0.141. The first-order valence-electron chi connectivity index (χ1n) is 9.73. The van der Waals surface area contributed by atoms with Crippen LogP contribution in [0.5, 0.6) is 0 Å². The minimum atomic E-state index is -4.49. The fraction of sp³-hybridized carbons (Fsp3) is 0.722. The topological polar surface area (TPSA) is 92.7 Å². The standard InChI is InChI=1S/C18H29F3N6O2/c1-22-16(23-6-2-10-29-13-14-4-11-28-12-5-14)25-8-9-26-17-24-7-3-15(27-17)18(19,20)21/h3,7,14H,2,4-6,8-13H2,1H3,(H2,22,23,25)(H,24,26,27). The van der Waals surface area contributed by atoms with Gasteiger partial charge < -0.3 is 25.4 Å². The first kappa shape index (κ1) is 23.1. The Morgan fingerprint density at radius 1 is 1.24 bits per heavy atom. The Hall–Kier alpha value is -2.14. The SMILES string of the molecule is CN=C(NCCCOCC1CCOCC1)NCCNc1nccc(C(F)(F)F)n1. The van der Waals surface area contributed by atoms with Crippen LogP contribution in [0.25, 0.3) is 0 Å². The van der Waals surface area contributed by atoms with Gasteiger partial charge in [0.1, 0.15) is 5.69 Å². The molecule has 11 heteroatoms. The van der Waals surface area contributed by atoms with Crippen LogP contribution < -0.4 is 16.0 Å². The molecular formula is C18H29F3N6O2. The van der Waals surface area contributed by atoms with E-state index in [9.17, 15) is 13.2 Å². The molecule has 8 nitrogen and oxygen atoms in total. The van der Waals surface area contributed by atoms with E-state index >= 15 is 0 Å². The fourth-order valence-corrected chi connectivity index (χ4v) is 2.72. The molecular weight excluding hydrogens is 389 g/mol. The van der Waals surface area contributed by atoms with Crippen molar-refractivity contribution < 1.29 is 22.6 Å². The minimum absolute atomic E-state index is 0.0637. The zero-order chi connectivity index (χ0) is 21.0. The van der Waals surface area contributed by atoms with Crippen LogP contribution in [0.4, 0.5) is 19.1 Å². The van der Waals surface area contributed by atoms with Gasteiger partial charge in [-0.05, 0) is 31.2 Å². The molecule has 0 bridgehead atoms. The number of hydrogen-bond donors (Lipinski definition) is 3. The van der Waals surface area contributed by atoms with Crippen molar-refractivity contribution >= 4 is 11.9 Å². The van der Waals surface area contributed by atoms with Gasteiger partial charge in [0.15, 0.2) is 5.96 Å². The number of nitrogens with one attached hydrogen (secondary N) is 3. The lowest BCUT2D eigenvalue weighted by Gasteiger charge is -2.21. The number of ether oxygens (including phenoxy) is 2. The van der Waals surface area contributed by atoms with Crippen LogP contribution in [0, 0.1) is 5.92 Å². The summed E-state index contributed by atoms with van der Waals surface area (Å²) in [7, 11) is 1.65.